The summed E-state index contributed by atoms with van der Waals surface area (Å²) in [5, 5.41) is 10.6. The number of aryl methyl sites for hydroxylation is 3. The summed E-state index contributed by atoms with van der Waals surface area (Å²) < 4.78 is 2.21. The Morgan fingerprint density at radius 1 is 1.29 bits per heavy atom. The largest absolute Gasteiger partial charge is 0.378 e. The van der Waals surface area contributed by atoms with E-state index < -0.39 is 0 Å². The summed E-state index contributed by atoms with van der Waals surface area (Å²) in [6, 6.07) is 2.23. The van der Waals surface area contributed by atoms with Crippen LogP contribution in [0.3, 0.4) is 0 Å². The van der Waals surface area contributed by atoms with E-state index in [2.05, 4.69) is 47.0 Å². The molecule has 2 aromatic rings. The molecule has 92 valence electrons. The highest BCUT2D eigenvalue weighted by Crippen LogP contribution is 2.19. The van der Waals surface area contributed by atoms with Crippen molar-refractivity contribution >= 4 is 5.69 Å². The van der Waals surface area contributed by atoms with E-state index >= 15 is 0 Å². The molecule has 0 bridgehead atoms. The van der Waals surface area contributed by atoms with Gasteiger partial charge < -0.3 is 9.88 Å². The molecule has 0 spiro atoms. The maximum absolute atomic E-state index is 4.18. The topological polar surface area (TPSA) is 45.6 Å². The minimum Gasteiger partial charge on any atom is -0.378 e. The number of rotatable bonds is 3. The van der Waals surface area contributed by atoms with E-state index in [-0.39, 0.29) is 0 Å². The van der Waals surface area contributed by atoms with E-state index in [1.165, 1.54) is 17.0 Å². The Morgan fingerprint density at radius 3 is 2.47 bits per heavy atom. The zero-order chi connectivity index (χ0) is 12.6. The van der Waals surface area contributed by atoms with E-state index in [1.807, 2.05) is 13.8 Å². The standard InChI is InChI=1S/C13H20N4/c1-8-6-12(11(4)17(8)5)7-14-13-9(2)15-16-10(13)3/h6,14H,7H2,1-5H3,(H,15,16). The molecule has 0 aromatic carbocycles. The second-order valence-electron chi connectivity index (χ2n) is 4.62. The fourth-order valence-electron chi connectivity index (χ4n) is 2.11. The van der Waals surface area contributed by atoms with Crippen molar-refractivity contribution in [2.45, 2.75) is 34.2 Å². The maximum Gasteiger partial charge on any atom is 0.0825 e. The van der Waals surface area contributed by atoms with Crippen molar-refractivity contribution in [1.29, 1.82) is 0 Å². The molecule has 0 saturated carbocycles. The van der Waals surface area contributed by atoms with Gasteiger partial charge in [-0.05, 0) is 39.3 Å². The summed E-state index contributed by atoms with van der Waals surface area (Å²) in [7, 11) is 2.10. The van der Waals surface area contributed by atoms with Crippen LogP contribution < -0.4 is 5.32 Å². The SMILES string of the molecule is Cc1n[nH]c(C)c1NCc1cc(C)n(C)c1C. The van der Waals surface area contributed by atoms with Gasteiger partial charge in [0.1, 0.15) is 0 Å². The van der Waals surface area contributed by atoms with Gasteiger partial charge in [-0.1, -0.05) is 0 Å². The molecule has 0 saturated heterocycles. The third kappa shape index (κ3) is 2.07. The predicted octanol–water partition coefficient (Wildman–Crippen LogP) is 2.59. The average Bonchev–Trinajstić information content (AvgIpc) is 2.73. The summed E-state index contributed by atoms with van der Waals surface area (Å²) in [4.78, 5) is 0. The van der Waals surface area contributed by atoms with Crippen molar-refractivity contribution in [2.75, 3.05) is 5.32 Å². The number of hydrogen-bond acceptors (Lipinski definition) is 2. The molecule has 0 unspecified atom stereocenters. The average molecular weight is 232 g/mol. The highest BCUT2D eigenvalue weighted by Gasteiger charge is 2.09. The zero-order valence-corrected chi connectivity index (χ0v) is 11.2. The summed E-state index contributed by atoms with van der Waals surface area (Å²) in [5.41, 5.74) is 7.17. The Labute approximate surface area is 102 Å². The van der Waals surface area contributed by atoms with Crippen LogP contribution in [0.2, 0.25) is 0 Å². The van der Waals surface area contributed by atoms with Gasteiger partial charge in [-0.15, -0.1) is 0 Å². The molecule has 0 fully saturated rings. The summed E-state index contributed by atoms with van der Waals surface area (Å²) >= 11 is 0. The molecule has 0 amide bonds. The molecule has 4 nitrogen and oxygen atoms in total. The van der Waals surface area contributed by atoms with Crippen molar-refractivity contribution in [3.63, 3.8) is 0 Å². The van der Waals surface area contributed by atoms with Crippen LogP contribution in [0.1, 0.15) is 28.3 Å². The number of anilines is 1. The molecule has 2 rings (SSSR count). The Bertz CT molecular complexity index is 514. The molecule has 0 atom stereocenters. The summed E-state index contributed by atoms with van der Waals surface area (Å²) in [6.07, 6.45) is 0. The Kier molecular flexibility index (Phi) is 2.96. The number of H-pyrrole nitrogens is 1. The van der Waals surface area contributed by atoms with Gasteiger partial charge in [0.25, 0.3) is 0 Å². The van der Waals surface area contributed by atoms with Crippen LogP contribution in [0.5, 0.6) is 0 Å². The Hall–Kier alpha value is -1.71. The number of aromatic amines is 1. The Balaban J connectivity index is 2.15. The van der Waals surface area contributed by atoms with Crippen LogP contribution in [-0.2, 0) is 13.6 Å². The molecule has 0 radical (unpaired) electrons. The number of nitrogens with one attached hydrogen (secondary N) is 2. The fraction of sp³-hybridized carbons (Fsp3) is 0.462. The zero-order valence-electron chi connectivity index (χ0n) is 11.2. The predicted molar refractivity (Wildman–Crippen MR) is 70.3 cm³/mol. The van der Waals surface area contributed by atoms with Crippen LogP contribution in [-0.4, -0.2) is 14.8 Å². The van der Waals surface area contributed by atoms with Crippen LogP contribution in [0, 0.1) is 27.7 Å². The van der Waals surface area contributed by atoms with Crippen LogP contribution in [0.4, 0.5) is 5.69 Å². The summed E-state index contributed by atoms with van der Waals surface area (Å²) in [5.74, 6) is 0. The number of hydrogen-bond donors (Lipinski definition) is 2. The minimum absolute atomic E-state index is 0.842. The smallest absolute Gasteiger partial charge is 0.0825 e. The highest BCUT2D eigenvalue weighted by molar-refractivity contribution is 5.52. The minimum atomic E-state index is 0.842. The molecule has 0 aliphatic carbocycles. The normalized spacial score (nSPS) is 10.9. The molecular formula is C13H20N4. The van der Waals surface area contributed by atoms with E-state index in [1.54, 1.807) is 0 Å². The van der Waals surface area contributed by atoms with Crippen molar-refractivity contribution < 1.29 is 0 Å². The third-order valence-corrected chi connectivity index (χ3v) is 3.46. The maximum atomic E-state index is 4.18. The molecule has 2 N–H and O–H groups in total. The number of aromatic nitrogens is 3. The van der Waals surface area contributed by atoms with Crippen LogP contribution in [0.15, 0.2) is 6.07 Å². The van der Waals surface area contributed by atoms with Crippen molar-refractivity contribution in [2.24, 2.45) is 7.05 Å². The first kappa shape index (κ1) is 11.8. The lowest BCUT2D eigenvalue weighted by molar-refractivity contribution is 0.837. The van der Waals surface area contributed by atoms with E-state index in [0.29, 0.717) is 0 Å². The molecule has 0 aliphatic rings. The van der Waals surface area contributed by atoms with Gasteiger partial charge in [-0.3, -0.25) is 5.10 Å². The van der Waals surface area contributed by atoms with E-state index in [4.69, 9.17) is 0 Å². The van der Waals surface area contributed by atoms with Crippen LogP contribution >= 0.6 is 0 Å². The van der Waals surface area contributed by atoms with Crippen molar-refractivity contribution in [3.05, 3.63) is 34.4 Å². The molecular weight excluding hydrogens is 212 g/mol. The third-order valence-electron chi connectivity index (χ3n) is 3.46. The van der Waals surface area contributed by atoms with Gasteiger partial charge in [0, 0.05) is 25.0 Å². The van der Waals surface area contributed by atoms with Gasteiger partial charge in [-0.25, -0.2) is 0 Å². The molecule has 2 aromatic heterocycles. The van der Waals surface area contributed by atoms with Gasteiger partial charge in [0.2, 0.25) is 0 Å². The lowest BCUT2D eigenvalue weighted by Crippen LogP contribution is -2.02. The van der Waals surface area contributed by atoms with Gasteiger partial charge in [0.05, 0.1) is 17.1 Å². The molecule has 2 heterocycles. The van der Waals surface area contributed by atoms with E-state index in [9.17, 15) is 0 Å². The summed E-state index contributed by atoms with van der Waals surface area (Å²) in [6.45, 7) is 9.17. The van der Waals surface area contributed by atoms with Crippen molar-refractivity contribution in [1.82, 2.24) is 14.8 Å². The quantitative estimate of drug-likeness (QED) is 0.854. The lowest BCUT2D eigenvalue weighted by atomic mass is 10.2. The van der Waals surface area contributed by atoms with Gasteiger partial charge in [-0.2, -0.15) is 5.10 Å². The van der Waals surface area contributed by atoms with Gasteiger partial charge in [0.15, 0.2) is 0 Å². The monoisotopic (exact) mass is 232 g/mol. The van der Waals surface area contributed by atoms with Gasteiger partial charge >= 0.3 is 0 Å². The first-order valence-electron chi connectivity index (χ1n) is 5.88. The number of nitrogens with zero attached hydrogens (tertiary/aromatic N) is 2. The van der Waals surface area contributed by atoms with Crippen LogP contribution in [0.25, 0.3) is 0 Å². The Morgan fingerprint density at radius 2 is 2.00 bits per heavy atom. The molecule has 0 aliphatic heterocycles. The molecule has 4 heteroatoms. The lowest BCUT2D eigenvalue weighted by Gasteiger charge is -2.06. The highest BCUT2D eigenvalue weighted by atomic mass is 15.1. The first-order chi connectivity index (χ1) is 8.00. The first-order valence-corrected chi connectivity index (χ1v) is 5.88. The second kappa shape index (κ2) is 4.28. The fourth-order valence-corrected chi connectivity index (χ4v) is 2.11. The second-order valence-corrected chi connectivity index (χ2v) is 4.62. The van der Waals surface area contributed by atoms with Crippen molar-refractivity contribution in [3.8, 4) is 0 Å². The molecule has 17 heavy (non-hydrogen) atoms. The van der Waals surface area contributed by atoms with E-state index in [0.717, 1.165) is 23.6 Å².